The third kappa shape index (κ3) is 3.66. The Kier molecular flexibility index (Phi) is 5.04. The van der Waals surface area contributed by atoms with Crippen LogP contribution in [0.25, 0.3) is 6.08 Å². The van der Waals surface area contributed by atoms with Crippen molar-refractivity contribution in [3.05, 3.63) is 76.4 Å². The third-order valence-electron chi connectivity index (χ3n) is 4.23. The highest BCUT2D eigenvalue weighted by Crippen LogP contribution is 2.29. The fourth-order valence-corrected chi connectivity index (χ4v) is 2.82. The SMILES string of the molecule is COC(=O)/C(=C/c1ccc(C(F)(F)F)cc1)CN1C(=O)c2ccccc2C1=O. The van der Waals surface area contributed by atoms with Crippen LogP contribution < -0.4 is 0 Å². The molecule has 0 saturated heterocycles. The highest BCUT2D eigenvalue weighted by molar-refractivity contribution is 6.21. The predicted octanol–water partition coefficient (Wildman–Crippen LogP) is 3.56. The second kappa shape index (κ2) is 7.30. The molecule has 1 aliphatic rings. The molecule has 0 saturated carbocycles. The van der Waals surface area contributed by atoms with E-state index in [2.05, 4.69) is 4.74 Å². The van der Waals surface area contributed by atoms with Crippen molar-refractivity contribution in [2.75, 3.05) is 13.7 Å². The van der Waals surface area contributed by atoms with Crippen LogP contribution >= 0.6 is 0 Å². The molecule has 0 spiro atoms. The first-order valence-electron chi connectivity index (χ1n) is 8.13. The summed E-state index contributed by atoms with van der Waals surface area (Å²) in [6.45, 7) is -0.361. The molecule has 3 rings (SSSR count). The van der Waals surface area contributed by atoms with Gasteiger partial charge < -0.3 is 4.74 Å². The summed E-state index contributed by atoms with van der Waals surface area (Å²) in [5.41, 5.74) is -0.121. The highest BCUT2D eigenvalue weighted by Gasteiger charge is 2.36. The zero-order valence-corrected chi connectivity index (χ0v) is 14.6. The molecule has 1 aliphatic heterocycles. The second-order valence-electron chi connectivity index (χ2n) is 6.02. The number of hydrogen-bond donors (Lipinski definition) is 0. The molecule has 2 aromatic rings. The summed E-state index contributed by atoms with van der Waals surface area (Å²) < 4.78 is 42.7. The molecule has 0 radical (unpaired) electrons. The third-order valence-corrected chi connectivity index (χ3v) is 4.23. The van der Waals surface area contributed by atoms with Gasteiger partial charge in [0.25, 0.3) is 11.8 Å². The average molecular weight is 389 g/mol. The number of carbonyl (C=O) groups excluding carboxylic acids is 3. The quantitative estimate of drug-likeness (QED) is 0.456. The largest absolute Gasteiger partial charge is 0.466 e. The van der Waals surface area contributed by atoms with Gasteiger partial charge in [-0.2, -0.15) is 13.2 Å². The summed E-state index contributed by atoms with van der Waals surface area (Å²) in [6, 6.07) is 10.4. The summed E-state index contributed by atoms with van der Waals surface area (Å²) in [6.07, 6.45) is -3.19. The molecule has 0 atom stereocenters. The Balaban J connectivity index is 1.90. The zero-order chi connectivity index (χ0) is 20.5. The van der Waals surface area contributed by atoms with Gasteiger partial charge >= 0.3 is 12.1 Å². The molecule has 0 bridgehead atoms. The lowest BCUT2D eigenvalue weighted by atomic mass is 10.1. The summed E-state index contributed by atoms with van der Waals surface area (Å²) >= 11 is 0. The fourth-order valence-electron chi connectivity index (χ4n) is 2.82. The minimum Gasteiger partial charge on any atom is -0.466 e. The van der Waals surface area contributed by atoms with Crippen molar-refractivity contribution in [3.63, 3.8) is 0 Å². The van der Waals surface area contributed by atoms with E-state index in [1.54, 1.807) is 12.1 Å². The van der Waals surface area contributed by atoms with Gasteiger partial charge in [-0.25, -0.2) is 4.79 Å². The van der Waals surface area contributed by atoms with E-state index < -0.39 is 29.5 Å². The van der Waals surface area contributed by atoms with Crippen molar-refractivity contribution in [1.29, 1.82) is 0 Å². The average Bonchev–Trinajstić information content (AvgIpc) is 2.91. The molecule has 0 N–H and O–H groups in total. The Hall–Kier alpha value is -3.42. The number of fused-ring (bicyclic) bond motifs is 1. The van der Waals surface area contributed by atoms with Gasteiger partial charge in [0.1, 0.15) is 0 Å². The minimum absolute atomic E-state index is 0.0447. The Morgan fingerprint density at radius 2 is 1.54 bits per heavy atom. The molecule has 8 heteroatoms. The topological polar surface area (TPSA) is 63.7 Å². The monoisotopic (exact) mass is 389 g/mol. The number of ether oxygens (including phenoxy) is 1. The van der Waals surface area contributed by atoms with Crippen LogP contribution in [-0.2, 0) is 15.7 Å². The number of methoxy groups -OCH3 is 1. The van der Waals surface area contributed by atoms with Crippen LogP contribution in [-0.4, -0.2) is 36.3 Å². The van der Waals surface area contributed by atoms with Crippen LogP contribution in [0.15, 0.2) is 54.1 Å². The Morgan fingerprint density at radius 1 is 1.00 bits per heavy atom. The fraction of sp³-hybridized carbons (Fsp3) is 0.150. The molecule has 1 heterocycles. The van der Waals surface area contributed by atoms with Crippen LogP contribution in [0, 0.1) is 0 Å². The number of halogens is 3. The van der Waals surface area contributed by atoms with Crippen LogP contribution in [0.4, 0.5) is 13.2 Å². The maximum Gasteiger partial charge on any atom is 0.416 e. The van der Waals surface area contributed by atoms with E-state index >= 15 is 0 Å². The van der Waals surface area contributed by atoms with E-state index in [4.69, 9.17) is 0 Å². The van der Waals surface area contributed by atoms with E-state index in [0.29, 0.717) is 5.56 Å². The van der Waals surface area contributed by atoms with Crippen molar-refractivity contribution < 1.29 is 32.3 Å². The summed E-state index contributed by atoms with van der Waals surface area (Å²) in [7, 11) is 1.13. The molecule has 0 fully saturated rings. The normalized spacial score (nSPS) is 14.3. The van der Waals surface area contributed by atoms with Gasteiger partial charge in [-0.3, -0.25) is 14.5 Å². The molecule has 28 heavy (non-hydrogen) atoms. The van der Waals surface area contributed by atoms with Gasteiger partial charge in [0, 0.05) is 0 Å². The van der Waals surface area contributed by atoms with Crippen molar-refractivity contribution in [3.8, 4) is 0 Å². The van der Waals surface area contributed by atoms with Gasteiger partial charge in [-0.1, -0.05) is 24.3 Å². The maximum absolute atomic E-state index is 12.7. The van der Waals surface area contributed by atoms with Gasteiger partial charge in [-0.05, 0) is 35.9 Å². The van der Waals surface area contributed by atoms with E-state index in [1.807, 2.05) is 0 Å². The Morgan fingerprint density at radius 3 is 2.00 bits per heavy atom. The van der Waals surface area contributed by atoms with E-state index in [-0.39, 0.29) is 23.2 Å². The van der Waals surface area contributed by atoms with Crippen LogP contribution in [0.5, 0.6) is 0 Å². The lowest BCUT2D eigenvalue weighted by Gasteiger charge is -2.15. The molecule has 0 unspecified atom stereocenters. The minimum atomic E-state index is -4.48. The molecule has 2 amide bonds. The molecule has 2 aromatic carbocycles. The molecule has 0 aliphatic carbocycles. The molecular formula is C20H14F3NO4. The maximum atomic E-state index is 12.7. The van der Waals surface area contributed by atoms with E-state index in [1.165, 1.54) is 30.3 Å². The molecular weight excluding hydrogens is 375 g/mol. The lowest BCUT2D eigenvalue weighted by Crippen LogP contribution is -2.33. The molecule has 0 aromatic heterocycles. The molecule has 5 nitrogen and oxygen atoms in total. The number of esters is 1. The Labute approximate surface area is 158 Å². The first-order valence-corrected chi connectivity index (χ1v) is 8.13. The summed E-state index contributed by atoms with van der Waals surface area (Å²) in [5.74, 6) is -1.90. The first-order chi connectivity index (χ1) is 13.2. The first kappa shape index (κ1) is 19.3. The van der Waals surface area contributed by atoms with Gasteiger partial charge in [0.05, 0.1) is 35.9 Å². The summed E-state index contributed by atoms with van der Waals surface area (Å²) in [5, 5.41) is 0. The predicted molar refractivity (Wildman–Crippen MR) is 93.2 cm³/mol. The van der Waals surface area contributed by atoms with Crippen molar-refractivity contribution in [1.82, 2.24) is 4.90 Å². The number of nitrogens with zero attached hydrogens (tertiary/aromatic N) is 1. The number of hydrogen-bond acceptors (Lipinski definition) is 4. The number of imide groups is 1. The number of rotatable bonds is 4. The van der Waals surface area contributed by atoms with Gasteiger partial charge in [0.2, 0.25) is 0 Å². The second-order valence-corrected chi connectivity index (χ2v) is 6.02. The Bertz CT molecular complexity index is 943. The molecule has 144 valence electrons. The number of benzene rings is 2. The number of amides is 2. The zero-order valence-electron chi connectivity index (χ0n) is 14.6. The van der Waals surface area contributed by atoms with Crippen LogP contribution in [0.3, 0.4) is 0 Å². The standard InChI is InChI=1S/C20H14F3NO4/c1-28-19(27)13(10-12-6-8-14(9-7-12)20(21,22)23)11-24-17(25)15-4-2-3-5-16(15)18(24)26/h2-10H,11H2,1H3/b13-10+. The van der Waals surface area contributed by atoms with Crippen LogP contribution in [0.1, 0.15) is 31.8 Å². The number of alkyl halides is 3. The van der Waals surface area contributed by atoms with E-state index in [9.17, 15) is 27.6 Å². The van der Waals surface area contributed by atoms with Crippen molar-refractivity contribution >= 4 is 23.9 Å². The number of carbonyl (C=O) groups is 3. The van der Waals surface area contributed by atoms with E-state index in [0.717, 1.165) is 24.1 Å². The van der Waals surface area contributed by atoms with Crippen LogP contribution in [0.2, 0.25) is 0 Å². The van der Waals surface area contributed by atoms with Crippen molar-refractivity contribution in [2.45, 2.75) is 6.18 Å². The summed E-state index contributed by atoms with van der Waals surface area (Å²) in [4.78, 5) is 37.9. The van der Waals surface area contributed by atoms with Gasteiger partial charge in [-0.15, -0.1) is 0 Å². The highest BCUT2D eigenvalue weighted by atomic mass is 19.4. The van der Waals surface area contributed by atoms with Crippen molar-refractivity contribution in [2.24, 2.45) is 0 Å². The smallest absolute Gasteiger partial charge is 0.416 e. The van der Waals surface area contributed by atoms with Gasteiger partial charge in [0.15, 0.2) is 0 Å². The lowest BCUT2D eigenvalue weighted by molar-refractivity contribution is -0.138.